The molecule has 0 bridgehead atoms. The third kappa shape index (κ3) is 3.13. The zero-order valence-electron chi connectivity index (χ0n) is 10.3. The highest BCUT2D eigenvalue weighted by molar-refractivity contribution is 7.89. The second-order valence-electron chi connectivity index (χ2n) is 4.74. The Morgan fingerprint density at radius 2 is 1.95 bits per heavy atom. The van der Waals surface area contributed by atoms with Crippen LogP contribution in [0.1, 0.15) is 19.3 Å². The fraction of sp³-hybridized carbons (Fsp3) is 0.417. The van der Waals surface area contributed by atoms with Gasteiger partial charge in [0.2, 0.25) is 10.0 Å². The van der Waals surface area contributed by atoms with Crippen LogP contribution in [0.4, 0.5) is 8.78 Å². The highest BCUT2D eigenvalue weighted by atomic mass is 32.2. The molecule has 1 aromatic carbocycles. The zero-order chi connectivity index (χ0) is 14.9. The molecule has 20 heavy (non-hydrogen) atoms. The molecular weight excluding hydrogens is 292 g/mol. The molecule has 2 N–H and O–H groups in total. The number of aliphatic carboxylic acids is 1. The van der Waals surface area contributed by atoms with Crippen LogP contribution in [0.15, 0.2) is 23.1 Å². The van der Waals surface area contributed by atoms with Gasteiger partial charge in [0.05, 0.1) is 10.8 Å². The molecule has 0 aliphatic heterocycles. The highest BCUT2D eigenvalue weighted by Crippen LogP contribution is 2.27. The monoisotopic (exact) mass is 305 g/mol. The van der Waals surface area contributed by atoms with Crippen molar-refractivity contribution in [3.8, 4) is 0 Å². The van der Waals surface area contributed by atoms with Gasteiger partial charge in [0, 0.05) is 6.04 Å². The predicted molar refractivity (Wildman–Crippen MR) is 65.4 cm³/mol. The molecule has 1 aliphatic carbocycles. The number of benzene rings is 1. The molecule has 2 rings (SSSR count). The van der Waals surface area contributed by atoms with E-state index < -0.39 is 39.6 Å². The minimum absolute atomic E-state index is 0.193. The van der Waals surface area contributed by atoms with Crippen LogP contribution in [-0.4, -0.2) is 25.5 Å². The van der Waals surface area contributed by atoms with Gasteiger partial charge in [-0.1, -0.05) is 0 Å². The third-order valence-corrected chi connectivity index (χ3v) is 4.82. The maximum absolute atomic E-state index is 13.0. The van der Waals surface area contributed by atoms with Gasteiger partial charge in [0.25, 0.3) is 0 Å². The maximum atomic E-state index is 13.0. The summed E-state index contributed by atoms with van der Waals surface area (Å²) in [4.78, 5) is 10.4. The molecule has 2 atom stereocenters. The number of rotatable bonds is 4. The Labute approximate surface area is 114 Å². The van der Waals surface area contributed by atoms with Gasteiger partial charge in [-0.3, -0.25) is 4.79 Å². The van der Waals surface area contributed by atoms with E-state index >= 15 is 0 Å². The quantitative estimate of drug-likeness (QED) is 0.883. The summed E-state index contributed by atoms with van der Waals surface area (Å²) in [5.74, 6) is -3.91. The number of sulfonamides is 1. The van der Waals surface area contributed by atoms with E-state index in [1.54, 1.807) is 0 Å². The second kappa shape index (κ2) is 5.45. The predicted octanol–water partition coefficient (Wildman–Crippen LogP) is 1.50. The van der Waals surface area contributed by atoms with Crippen LogP contribution in [-0.2, 0) is 14.8 Å². The average molecular weight is 305 g/mol. The molecule has 1 aliphatic rings. The molecule has 110 valence electrons. The summed E-state index contributed by atoms with van der Waals surface area (Å²) in [5, 5.41) is 8.84. The van der Waals surface area contributed by atoms with Gasteiger partial charge in [-0.2, -0.15) is 0 Å². The van der Waals surface area contributed by atoms with E-state index in [2.05, 4.69) is 4.72 Å². The van der Waals surface area contributed by atoms with Gasteiger partial charge < -0.3 is 5.11 Å². The molecule has 0 amide bonds. The van der Waals surface area contributed by atoms with E-state index in [4.69, 9.17) is 5.11 Å². The smallest absolute Gasteiger partial charge is 0.306 e. The Morgan fingerprint density at radius 1 is 1.25 bits per heavy atom. The number of halogens is 2. The van der Waals surface area contributed by atoms with Crippen molar-refractivity contribution in [1.82, 2.24) is 4.72 Å². The first-order chi connectivity index (χ1) is 9.29. The molecule has 8 heteroatoms. The number of hydrogen-bond donors (Lipinski definition) is 2. The highest BCUT2D eigenvalue weighted by Gasteiger charge is 2.32. The molecular formula is C12H13F2NO4S. The summed E-state index contributed by atoms with van der Waals surface area (Å²) in [6.07, 6.45) is 0.985. The summed E-state index contributed by atoms with van der Waals surface area (Å²) in [5.41, 5.74) is 0. The van der Waals surface area contributed by atoms with Gasteiger partial charge in [-0.25, -0.2) is 21.9 Å². The number of nitrogens with one attached hydrogen (secondary N) is 1. The molecule has 0 aromatic heterocycles. The number of carboxylic acids is 1. The Hall–Kier alpha value is -1.54. The van der Waals surface area contributed by atoms with Crippen LogP contribution in [0.25, 0.3) is 0 Å². The summed E-state index contributed by atoms with van der Waals surface area (Å²) in [6.45, 7) is 0. The molecule has 0 spiro atoms. The lowest BCUT2D eigenvalue weighted by Crippen LogP contribution is -2.33. The minimum atomic E-state index is -3.98. The molecule has 5 nitrogen and oxygen atoms in total. The number of carbonyl (C=O) groups is 1. The van der Waals surface area contributed by atoms with Gasteiger partial charge in [-0.15, -0.1) is 0 Å². The van der Waals surface area contributed by atoms with Gasteiger partial charge in [0.15, 0.2) is 11.6 Å². The molecule has 0 heterocycles. The molecule has 0 radical (unpaired) electrons. The lowest BCUT2D eigenvalue weighted by Gasteiger charge is -2.13. The summed E-state index contributed by atoms with van der Waals surface area (Å²) in [7, 11) is -3.98. The maximum Gasteiger partial charge on any atom is 0.306 e. The Morgan fingerprint density at radius 3 is 2.50 bits per heavy atom. The van der Waals surface area contributed by atoms with Crippen LogP contribution in [0.2, 0.25) is 0 Å². The standard InChI is InChI=1S/C12H13F2NO4S/c13-10-4-3-9(6-11(10)14)20(18,19)15-8-2-1-7(5-8)12(16)17/h3-4,6-8,15H,1-2,5H2,(H,16,17). The van der Waals surface area contributed by atoms with Crippen molar-refractivity contribution in [3.63, 3.8) is 0 Å². The van der Waals surface area contributed by atoms with Crippen molar-refractivity contribution in [2.24, 2.45) is 5.92 Å². The summed E-state index contributed by atoms with van der Waals surface area (Å²) < 4.78 is 52.1. The molecule has 1 fully saturated rings. The van der Waals surface area contributed by atoms with Crippen molar-refractivity contribution < 1.29 is 27.1 Å². The Balaban J connectivity index is 2.12. The van der Waals surface area contributed by atoms with Crippen molar-refractivity contribution in [2.45, 2.75) is 30.2 Å². The van der Waals surface area contributed by atoms with E-state index in [0.717, 1.165) is 12.1 Å². The first kappa shape index (κ1) is 14.9. The van der Waals surface area contributed by atoms with Crippen molar-refractivity contribution >= 4 is 16.0 Å². The van der Waals surface area contributed by atoms with Gasteiger partial charge in [-0.05, 0) is 37.5 Å². The van der Waals surface area contributed by atoms with Crippen LogP contribution in [0.5, 0.6) is 0 Å². The molecule has 0 saturated heterocycles. The van der Waals surface area contributed by atoms with Crippen LogP contribution >= 0.6 is 0 Å². The van der Waals surface area contributed by atoms with Crippen molar-refractivity contribution in [3.05, 3.63) is 29.8 Å². The first-order valence-corrected chi connectivity index (χ1v) is 7.48. The van der Waals surface area contributed by atoms with Crippen molar-refractivity contribution in [1.29, 1.82) is 0 Å². The lowest BCUT2D eigenvalue weighted by atomic mass is 10.1. The fourth-order valence-corrected chi connectivity index (χ4v) is 3.54. The molecule has 1 aromatic rings. The van der Waals surface area contributed by atoms with E-state index in [9.17, 15) is 22.0 Å². The average Bonchev–Trinajstić information content (AvgIpc) is 2.80. The second-order valence-corrected chi connectivity index (χ2v) is 6.46. The summed E-state index contributed by atoms with van der Waals surface area (Å²) in [6, 6.07) is 1.79. The van der Waals surface area contributed by atoms with Crippen LogP contribution < -0.4 is 4.72 Å². The van der Waals surface area contributed by atoms with E-state index in [1.165, 1.54) is 0 Å². The van der Waals surface area contributed by atoms with Gasteiger partial charge >= 0.3 is 5.97 Å². The van der Waals surface area contributed by atoms with E-state index in [-0.39, 0.29) is 11.3 Å². The fourth-order valence-electron chi connectivity index (χ4n) is 2.24. The Bertz CT molecular complexity index is 632. The number of hydrogen-bond acceptors (Lipinski definition) is 3. The van der Waals surface area contributed by atoms with Crippen molar-refractivity contribution in [2.75, 3.05) is 0 Å². The summed E-state index contributed by atoms with van der Waals surface area (Å²) >= 11 is 0. The lowest BCUT2D eigenvalue weighted by molar-refractivity contribution is -0.141. The van der Waals surface area contributed by atoms with Crippen LogP contribution in [0.3, 0.4) is 0 Å². The van der Waals surface area contributed by atoms with E-state index in [0.29, 0.717) is 18.9 Å². The largest absolute Gasteiger partial charge is 0.481 e. The molecule has 2 unspecified atom stereocenters. The van der Waals surface area contributed by atoms with Crippen LogP contribution in [0, 0.1) is 17.6 Å². The minimum Gasteiger partial charge on any atom is -0.481 e. The topological polar surface area (TPSA) is 83.5 Å². The normalized spacial score (nSPS) is 22.9. The third-order valence-electron chi connectivity index (χ3n) is 3.31. The SMILES string of the molecule is O=C(O)C1CCC(NS(=O)(=O)c2ccc(F)c(F)c2)C1. The zero-order valence-corrected chi connectivity index (χ0v) is 11.2. The Kier molecular flexibility index (Phi) is 4.05. The van der Waals surface area contributed by atoms with E-state index in [1.807, 2.05) is 0 Å². The number of carboxylic acid groups (broad SMARTS) is 1. The first-order valence-electron chi connectivity index (χ1n) is 6.00. The van der Waals surface area contributed by atoms with Gasteiger partial charge in [0.1, 0.15) is 0 Å². The molecule has 1 saturated carbocycles.